The highest BCUT2D eigenvalue weighted by molar-refractivity contribution is 7.80. The van der Waals surface area contributed by atoms with Gasteiger partial charge in [0.05, 0.1) is 0 Å². The monoisotopic (exact) mass is 156 g/mol. The van der Waals surface area contributed by atoms with Crippen molar-refractivity contribution >= 4 is 25.3 Å². The number of hydrogen-bond acceptors (Lipinski definition) is 2. The van der Waals surface area contributed by atoms with E-state index in [1.54, 1.807) is 0 Å². The smallest absolute Gasteiger partial charge is 0.0154 e. The van der Waals surface area contributed by atoms with Crippen LogP contribution in [-0.2, 0) is 5.75 Å². The third-order valence-corrected chi connectivity index (χ3v) is 1.78. The summed E-state index contributed by atoms with van der Waals surface area (Å²) < 4.78 is 0. The summed E-state index contributed by atoms with van der Waals surface area (Å²) in [5.41, 5.74) is 1.23. The fourth-order valence-corrected chi connectivity index (χ4v) is 0.961. The van der Waals surface area contributed by atoms with Gasteiger partial charge in [0.1, 0.15) is 0 Å². The zero-order valence-corrected chi connectivity index (χ0v) is 6.70. The molecule has 48 valence electrons. The number of rotatable bonds is 1. The minimum Gasteiger partial charge on any atom is -0.175 e. The van der Waals surface area contributed by atoms with Crippen molar-refractivity contribution in [3.8, 4) is 0 Å². The molecule has 1 aromatic rings. The first-order valence-corrected chi connectivity index (χ1v) is 3.79. The first-order valence-electron chi connectivity index (χ1n) is 2.71. The maximum absolute atomic E-state index is 4.15. The van der Waals surface area contributed by atoms with Crippen LogP contribution in [0.25, 0.3) is 0 Å². The Morgan fingerprint density at radius 2 is 1.67 bits per heavy atom. The standard InChI is InChI=1S/C7H8S2/c8-5-6-1-3-7(9)4-2-6/h1-4,8-9H,5H2. The fraction of sp³-hybridized carbons (Fsp3) is 0.143. The summed E-state index contributed by atoms with van der Waals surface area (Å²) in [6, 6.07) is 7.98. The van der Waals surface area contributed by atoms with E-state index in [9.17, 15) is 0 Å². The lowest BCUT2D eigenvalue weighted by molar-refractivity contribution is 1.36. The molecule has 0 radical (unpaired) electrons. The average Bonchev–Trinajstić information content (AvgIpc) is 1.90. The first kappa shape index (κ1) is 7.03. The second kappa shape index (κ2) is 3.18. The Hall–Kier alpha value is -0.0800. The molecule has 0 aliphatic heterocycles. The Morgan fingerprint density at radius 3 is 2.11 bits per heavy atom. The normalized spacial score (nSPS) is 9.56. The molecule has 0 spiro atoms. The van der Waals surface area contributed by atoms with E-state index in [0.717, 1.165) is 10.6 Å². The quantitative estimate of drug-likeness (QED) is 0.573. The molecule has 0 unspecified atom stereocenters. The summed E-state index contributed by atoms with van der Waals surface area (Å²) in [6.07, 6.45) is 0. The van der Waals surface area contributed by atoms with E-state index in [4.69, 9.17) is 0 Å². The van der Waals surface area contributed by atoms with Gasteiger partial charge in [0.25, 0.3) is 0 Å². The van der Waals surface area contributed by atoms with Crippen molar-refractivity contribution < 1.29 is 0 Å². The largest absolute Gasteiger partial charge is 0.175 e. The van der Waals surface area contributed by atoms with E-state index in [-0.39, 0.29) is 0 Å². The van der Waals surface area contributed by atoms with Crippen LogP contribution in [0.5, 0.6) is 0 Å². The molecule has 0 nitrogen and oxygen atoms in total. The Kier molecular flexibility index (Phi) is 2.49. The van der Waals surface area contributed by atoms with Crippen LogP contribution in [0.15, 0.2) is 29.2 Å². The molecular weight excluding hydrogens is 148 g/mol. The van der Waals surface area contributed by atoms with Gasteiger partial charge in [-0.15, -0.1) is 12.6 Å². The van der Waals surface area contributed by atoms with Crippen molar-refractivity contribution in [2.75, 3.05) is 0 Å². The molecule has 0 saturated heterocycles. The van der Waals surface area contributed by atoms with Crippen LogP contribution in [0.1, 0.15) is 5.56 Å². The van der Waals surface area contributed by atoms with E-state index >= 15 is 0 Å². The van der Waals surface area contributed by atoms with Gasteiger partial charge in [-0.2, -0.15) is 12.6 Å². The molecule has 0 saturated carbocycles. The molecule has 1 rings (SSSR count). The lowest BCUT2D eigenvalue weighted by Gasteiger charge is -1.93. The van der Waals surface area contributed by atoms with Gasteiger partial charge in [0, 0.05) is 10.6 Å². The van der Waals surface area contributed by atoms with Crippen molar-refractivity contribution in [3.05, 3.63) is 29.8 Å². The highest BCUT2D eigenvalue weighted by Gasteiger charge is 1.85. The molecule has 9 heavy (non-hydrogen) atoms. The maximum atomic E-state index is 4.15. The van der Waals surface area contributed by atoms with Gasteiger partial charge >= 0.3 is 0 Å². The van der Waals surface area contributed by atoms with Gasteiger partial charge in [0.15, 0.2) is 0 Å². The van der Waals surface area contributed by atoms with Crippen LogP contribution in [0.4, 0.5) is 0 Å². The Labute approximate surface area is 66.1 Å². The minimum absolute atomic E-state index is 0.800. The predicted molar refractivity (Wildman–Crippen MR) is 46.4 cm³/mol. The summed E-state index contributed by atoms with van der Waals surface area (Å²) in [5.74, 6) is 0.800. The summed E-state index contributed by atoms with van der Waals surface area (Å²) in [4.78, 5) is 1.00. The van der Waals surface area contributed by atoms with Crippen LogP contribution in [0, 0.1) is 0 Å². The Bertz CT molecular complexity index is 179. The number of benzene rings is 1. The SMILES string of the molecule is SCc1ccc(S)cc1. The van der Waals surface area contributed by atoms with Crippen molar-refractivity contribution in [3.63, 3.8) is 0 Å². The third kappa shape index (κ3) is 1.95. The van der Waals surface area contributed by atoms with Crippen molar-refractivity contribution in [1.29, 1.82) is 0 Å². The van der Waals surface area contributed by atoms with Crippen LogP contribution in [-0.4, -0.2) is 0 Å². The summed E-state index contributed by atoms with van der Waals surface area (Å²) in [5, 5.41) is 0. The molecule has 0 aromatic heterocycles. The van der Waals surface area contributed by atoms with Crippen molar-refractivity contribution in [1.82, 2.24) is 0 Å². The van der Waals surface area contributed by atoms with E-state index in [1.807, 2.05) is 24.3 Å². The first-order chi connectivity index (χ1) is 4.33. The topological polar surface area (TPSA) is 0 Å². The predicted octanol–water partition coefficient (Wildman–Crippen LogP) is 2.41. The molecule has 0 heterocycles. The summed E-state index contributed by atoms with van der Waals surface area (Å²) in [7, 11) is 0. The maximum Gasteiger partial charge on any atom is 0.0154 e. The van der Waals surface area contributed by atoms with Gasteiger partial charge in [-0.1, -0.05) is 12.1 Å². The summed E-state index contributed by atoms with van der Waals surface area (Å²) >= 11 is 8.26. The van der Waals surface area contributed by atoms with Crippen LogP contribution in [0.3, 0.4) is 0 Å². The van der Waals surface area contributed by atoms with E-state index < -0.39 is 0 Å². The fourth-order valence-electron chi connectivity index (χ4n) is 0.601. The van der Waals surface area contributed by atoms with Crippen molar-refractivity contribution in [2.45, 2.75) is 10.6 Å². The van der Waals surface area contributed by atoms with Gasteiger partial charge in [0.2, 0.25) is 0 Å². The molecule has 0 atom stereocenters. The molecule has 0 aliphatic rings. The van der Waals surface area contributed by atoms with Gasteiger partial charge in [-0.3, -0.25) is 0 Å². The van der Waals surface area contributed by atoms with E-state index in [2.05, 4.69) is 25.3 Å². The molecule has 0 N–H and O–H groups in total. The number of hydrogen-bond donors (Lipinski definition) is 2. The Balaban J connectivity index is 2.88. The van der Waals surface area contributed by atoms with Crippen LogP contribution in [0.2, 0.25) is 0 Å². The van der Waals surface area contributed by atoms with Gasteiger partial charge < -0.3 is 0 Å². The lowest BCUT2D eigenvalue weighted by Crippen LogP contribution is -1.73. The Morgan fingerprint density at radius 1 is 1.11 bits per heavy atom. The summed E-state index contributed by atoms with van der Waals surface area (Å²) in [6.45, 7) is 0. The second-order valence-electron chi connectivity index (χ2n) is 1.82. The van der Waals surface area contributed by atoms with Crippen LogP contribution >= 0.6 is 25.3 Å². The van der Waals surface area contributed by atoms with Gasteiger partial charge in [-0.05, 0) is 17.7 Å². The number of thiol groups is 2. The molecule has 0 fully saturated rings. The highest BCUT2D eigenvalue weighted by atomic mass is 32.1. The van der Waals surface area contributed by atoms with Crippen molar-refractivity contribution in [2.24, 2.45) is 0 Å². The molecule has 0 bridgehead atoms. The van der Waals surface area contributed by atoms with E-state index in [1.165, 1.54) is 5.56 Å². The minimum atomic E-state index is 0.800. The molecule has 0 aliphatic carbocycles. The van der Waals surface area contributed by atoms with Crippen LogP contribution < -0.4 is 0 Å². The molecule has 2 heteroatoms. The molecule has 0 amide bonds. The molecule has 1 aromatic carbocycles. The molecular formula is C7H8S2. The second-order valence-corrected chi connectivity index (χ2v) is 2.66. The third-order valence-electron chi connectivity index (χ3n) is 1.12. The highest BCUT2D eigenvalue weighted by Crippen LogP contribution is 2.08. The zero-order valence-electron chi connectivity index (χ0n) is 4.91. The average molecular weight is 156 g/mol. The van der Waals surface area contributed by atoms with Gasteiger partial charge in [-0.25, -0.2) is 0 Å². The lowest BCUT2D eigenvalue weighted by atomic mass is 10.2. The zero-order chi connectivity index (χ0) is 6.69. The van der Waals surface area contributed by atoms with E-state index in [0.29, 0.717) is 0 Å².